The summed E-state index contributed by atoms with van der Waals surface area (Å²) < 4.78 is 45.0. The number of nitrogens with zero attached hydrogens (tertiary/aromatic N) is 5. The van der Waals surface area contributed by atoms with Gasteiger partial charge in [0.05, 0.1) is 5.92 Å². The second-order valence-corrected chi connectivity index (χ2v) is 6.17. The molecule has 4 atom stereocenters. The molecule has 156 valence electrons. The zero-order chi connectivity index (χ0) is 21.1. The van der Waals surface area contributed by atoms with E-state index in [4.69, 9.17) is 14.2 Å². The first-order valence-electron chi connectivity index (χ1n) is 8.46. The van der Waals surface area contributed by atoms with E-state index < -0.39 is 55.0 Å². The van der Waals surface area contributed by atoms with E-state index in [0.29, 0.717) is 0 Å². The van der Waals surface area contributed by atoms with Crippen LogP contribution in [0, 0.1) is 5.92 Å². The highest BCUT2D eigenvalue weighted by Gasteiger charge is 2.52. The predicted octanol–water partition coefficient (Wildman–Crippen LogP) is 0.0975. The fourth-order valence-corrected chi connectivity index (χ4v) is 3.01. The van der Waals surface area contributed by atoms with Gasteiger partial charge in [0, 0.05) is 20.0 Å². The molecule has 1 fully saturated rings. The Kier molecular flexibility index (Phi) is 5.96. The molecule has 0 N–H and O–H groups in total. The van der Waals surface area contributed by atoms with Crippen LogP contribution in [0.15, 0.2) is 29.7 Å². The van der Waals surface area contributed by atoms with Crippen molar-refractivity contribution in [3.05, 3.63) is 35.4 Å². The molecule has 11 nitrogen and oxygen atoms in total. The van der Waals surface area contributed by atoms with Gasteiger partial charge in [-0.1, -0.05) is 0 Å². The van der Waals surface area contributed by atoms with Crippen LogP contribution in [0.1, 0.15) is 20.1 Å². The number of alkyl halides is 2. The molecule has 0 spiro atoms. The summed E-state index contributed by atoms with van der Waals surface area (Å²) in [7, 11) is 0. The number of aromatic nitrogens is 5. The summed E-state index contributed by atoms with van der Waals surface area (Å²) in [5, 5.41) is 3.84. The minimum atomic E-state index is -2.97. The molecule has 3 heterocycles. The van der Waals surface area contributed by atoms with E-state index in [1.807, 2.05) is 0 Å². The van der Waals surface area contributed by atoms with Crippen LogP contribution in [0.4, 0.5) is 8.78 Å². The van der Waals surface area contributed by atoms with Crippen molar-refractivity contribution in [1.82, 2.24) is 24.3 Å². The maximum Gasteiger partial charge on any atom is 0.351 e. The van der Waals surface area contributed by atoms with Gasteiger partial charge < -0.3 is 14.2 Å². The van der Waals surface area contributed by atoms with Gasteiger partial charge in [0.15, 0.2) is 18.1 Å². The van der Waals surface area contributed by atoms with Crippen LogP contribution in [0.25, 0.3) is 5.82 Å². The van der Waals surface area contributed by atoms with Crippen molar-refractivity contribution in [1.29, 1.82) is 0 Å². The van der Waals surface area contributed by atoms with Gasteiger partial charge in [0.1, 0.15) is 25.4 Å². The fourth-order valence-electron chi connectivity index (χ4n) is 3.01. The SMILES string of the molecule is CC(=O)OC[C@H]1O[C@@H](n2ccc(-n3cncn3)nc2=O)[C@H](OC(C)=O)C1C(F)F. The molecule has 0 radical (unpaired) electrons. The molecule has 29 heavy (non-hydrogen) atoms. The Labute approximate surface area is 162 Å². The van der Waals surface area contributed by atoms with Gasteiger partial charge in [-0.3, -0.25) is 14.2 Å². The zero-order valence-corrected chi connectivity index (χ0v) is 15.3. The Bertz CT molecular complexity index is 934. The summed E-state index contributed by atoms with van der Waals surface area (Å²) in [5.41, 5.74) is -0.846. The fraction of sp³-hybridized carbons (Fsp3) is 0.500. The van der Waals surface area contributed by atoms with Crippen molar-refractivity contribution in [3.63, 3.8) is 0 Å². The maximum atomic E-state index is 13.7. The number of esters is 2. The number of ether oxygens (including phenoxy) is 3. The Morgan fingerprint density at radius 1 is 1.31 bits per heavy atom. The van der Waals surface area contributed by atoms with Crippen molar-refractivity contribution in [2.45, 2.75) is 38.7 Å². The number of halogens is 2. The van der Waals surface area contributed by atoms with Gasteiger partial charge in [0.25, 0.3) is 0 Å². The lowest BCUT2D eigenvalue weighted by molar-refractivity contribution is -0.156. The van der Waals surface area contributed by atoms with E-state index in [2.05, 4.69) is 15.1 Å². The van der Waals surface area contributed by atoms with Crippen LogP contribution in [0.2, 0.25) is 0 Å². The Hall–Kier alpha value is -3.22. The first kappa shape index (κ1) is 20.5. The summed E-state index contributed by atoms with van der Waals surface area (Å²) in [4.78, 5) is 42.6. The standard InChI is InChI=1S/C16H17F2N5O6/c1-8(24)27-5-10-12(14(17)18)13(28-9(2)25)15(29-10)22-4-3-11(21-16(22)26)23-7-19-6-20-23/h3-4,6-7,10,12-15H,5H2,1-2H3/t10-,12?,13-,15-/m1/s1. The Morgan fingerprint density at radius 3 is 2.62 bits per heavy atom. The van der Waals surface area contributed by atoms with Crippen molar-refractivity contribution in [2.75, 3.05) is 6.61 Å². The van der Waals surface area contributed by atoms with E-state index >= 15 is 0 Å². The number of carbonyl (C=O) groups excluding carboxylic acids is 2. The predicted molar refractivity (Wildman–Crippen MR) is 89.0 cm³/mol. The van der Waals surface area contributed by atoms with Crippen LogP contribution in [0.5, 0.6) is 0 Å². The van der Waals surface area contributed by atoms with Gasteiger partial charge in [0.2, 0.25) is 6.43 Å². The molecule has 2 aromatic rings. The first-order valence-corrected chi connectivity index (χ1v) is 8.46. The van der Waals surface area contributed by atoms with E-state index in [9.17, 15) is 23.2 Å². The molecule has 0 bridgehead atoms. The molecular weight excluding hydrogens is 396 g/mol. The van der Waals surface area contributed by atoms with Crippen LogP contribution < -0.4 is 5.69 Å². The highest BCUT2D eigenvalue weighted by molar-refractivity contribution is 5.66. The molecule has 1 aliphatic heterocycles. The van der Waals surface area contributed by atoms with Gasteiger partial charge >= 0.3 is 17.6 Å². The average Bonchev–Trinajstić information content (AvgIpc) is 3.27. The maximum absolute atomic E-state index is 13.7. The van der Waals surface area contributed by atoms with Gasteiger partial charge in [-0.15, -0.1) is 0 Å². The second kappa shape index (κ2) is 8.43. The van der Waals surface area contributed by atoms with Crippen LogP contribution in [-0.2, 0) is 23.8 Å². The van der Waals surface area contributed by atoms with Crippen LogP contribution >= 0.6 is 0 Å². The highest BCUT2D eigenvalue weighted by Crippen LogP contribution is 2.39. The minimum Gasteiger partial charge on any atom is -0.463 e. The van der Waals surface area contributed by atoms with Crippen molar-refractivity contribution in [2.24, 2.45) is 5.92 Å². The van der Waals surface area contributed by atoms with Crippen molar-refractivity contribution in [3.8, 4) is 5.82 Å². The summed E-state index contributed by atoms with van der Waals surface area (Å²) in [5.74, 6) is -2.99. The van der Waals surface area contributed by atoms with E-state index in [0.717, 1.165) is 18.4 Å². The molecule has 0 amide bonds. The van der Waals surface area contributed by atoms with Crippen molar-refractivity contribution < 1.29 is 32.6 Å². The van der Waals surface area contributed by atoms with Gasteiger partial charge in [-0.2, -0.15) is 10.1 Å². The van der Waals surface area contributed by atoms with Gasteiger partial charge in [-0.05, 0) is 6.07 Å². The highest BCUT2D eigenvalue weighted by atomic mass is 19.3. The first-order chi connectivity index (χ1) is 13.8. The molecule has 0 aromatic carbocycles. The molecule has 13 heteroatoms. The molecule has 1 aliphatic rings. The minimum absolute atomic E-state index is 0.146. The lowest BCUT2D eigenvalue weighted by Gasteiger charge is -2.23. The quantitative estimate of drug-likeness (QED) is 0.606. The number of rotatable bonds is 6. The molecule has 0 aliphatic carbocycles. The lowest BCUT2D eigenvalue weighted by Crippen LogP contribution is -2.39. The van der Waals surface area contributed by atoms with Gasteiger partial charge in [-0.25, -0.2) is 23.2 Å². The summed E-state index contributed by atoms with van der Waals surface area (Å²) in [6.45, 7) is 1.68. The lowest BCUT2D eigenvalue weighted by atomic mass is 9.98. The molecule has 3 rings (SSSR count). The smallest absolute Gasteiger partial charge is 0.351 e. The zero-order valence-electron chi connectivity index (χ0n) is 15.3. The Morgan fingerprint density at radius 2 is 2.07 bits per heavy atom. The largest absolute Gasteiger partial charge is 0.463 e. The third-order valence-corrected chi connectivity index (χ3v) is 4.19. The number of hydrogen-bond acceptors (Lipinski definition) is 9. The monoisotopic (exact) mass is 413 g/mol. The average molecular weight is 413 g/mol. The van der Waals surface area contributed by atoms with E-state index in [1.54, 1.807) is 0 Å². The molecular formula is C16H17F2N5O6. The normalized spacial score (nSPS) is 23.9. The summed E-state index contributed by atoms with van der Waals surface area (Å²) >= 11 is 0. The second-order valence-electron chi connectivity index (χ2n) is 6.17. The molecule has 0 saturated carbocycles. The van der Waals surface area contributed by atoms with E-state index in [1.165, 1.54) is 29.6 Å². The third-order valence-electron chi connectivity index (χ3n) is 4.19. The third kappa shape index (κ3) is 4.45. The Balaban J connectivity index is 1.95. The number of hydrogen-bond donors (Lipinski definition) is 0. The molecule has 2 aromatic heterocycles. The van der Waals surface area contributed by atoms with Crippen molar-refractivity contribution >= 4 is 11.9 Å². The molecule has 1 saturated heterocycles. The van der Waals surface area contributed by atoms with Crippen LogP contribution in [0.3, 0.4) is 0 Å². The molecule has 1 unspecified atom stereocenters. The summed E-state index contributed by atoms with van der Waals surface area (Å²) in [6.07, 6.45) is -3.32. The van der Waals surface area contributed by atoms with Crippen LogP contribution in [-0.4, -0.2) is 61.5 Å². The summed E-state index contributed by atoms with van der Waals surface area (Å²) in [6, 6.07) is 1.39. The topological polar surface area (TPSA) is 127 Å². The van der Waals surface area contributed by atoms with E-state index in [-0.39, 0.29) is 5.82 Å². The number of carbonyl (C=O) groups is 2.